The summed E-state index contributed by atoms with van der Waals surface area (Å²) < 4.78 is 11.7. The molecule has 1 heterocycles. The first kappa shape index (κ1) is 17.9. The van der Waals surface area contributed by atoms with Gasteiger partial charge in [-0.15, -0.1) is 0 Å². The SMILES string of the molecule is CCOc1ccc(NC(C)=O)c(-n2cc(C#N)c(N)c2C(=O)OC)c1. The molecule has 0 radical (unpaired) electrons. The minimum Gasteiger partial charge on any atom is -0.494 e. The van der Waals surface area contributed by atoms with E-state index in [-0.39, 0.29) is 22.9 Å². The minimum absolute atomic E-state index is 0.000648. The molecule has 0 atom stereocenters. The van der Waals surface area contributed by atoms with E-state index in [9.17, 15) is 14.9 Å². The number of nitrogen functional groups attached to an aromatic ring is 1. The van der Waals surface area contributed by atoms with Gasteiger partial charge in [0, 0.05) is 19.2 Å². The van der Waals surface area contributed by atoms with Crippen molar-refractivity contribution in [2.75, 3.05) is 24.8 Å². The number of carbonyl (C=O) groups is 2. The van der Waals surface area contributed by atoms with Gasteiger partial charge in [0.1, 0.15) is 11.8 Å². The highest BCUT2D eigenvalue weighted by molar-refractivity contribution is 5.97. The number of nitriles is 1. The van der Waals surface area contributed by atoms with Gasteiger partial charge < -0.3 is 25.1 Å². The Balaban J connectivity index is 2.75. The van der Waals surface area contributed by atoms with Crippen LogP contribution in [0.2, 0.25) is 0 Å². The third kappa shape index (κ3) is 3.55. The second-order valence-electron chi connectivity index (χ2n) is 5.07. The van der Waals surface area contributed by atoms with E-state index < -0.39 is 5.97 Å². The molecule has 0 bridgehead atoms. The molecule has 2 rings (SSSR count). The van der Waals surface area contributed by atoms with Gasteiger partial charge >= 0.3 is 5.97 Å². The van der Waals surface area contributed by atoms with Crippen LogP contribution in [0.1, 0.15) is 29.9 Å². The third-order valence-corrected chi connectivity index (χ3v) is 3.39. The number of hydrogen-bond donors (Lipinski definition) is 2. The Morgan fingerprint density at radius 3 is 2.68 bits per heavy atom. The number of nitrogens with zero attached hydrogens (tertiary/aromatic N) is 2. The molecule has 0 saturated heterocycles. The Hall–Kier alpha value is -3.47. The maximum absolute atomic E-state index is 12.2. The van der Waals surface area contributed by atoms with Crippen molar-refractivity contribution in [1.82, 2.24) is 4.57 Å². The first-order chi connectivity index (χ1) is 11.9. The molecular weight excluding hydrogens is 324 g/mol. The number of rotatable bonds is 5. The second-order valence-corrected chi connectivity index (χ2v) is 5.07. The summed E-state index contributed by atoms with van der Waals surface area (Å²) in [5, 5.41) is 11.9. The van der Waals surface area contributed by atoms with Crippen molar-refractivity contribution in [2.45, 2.75) is 13.8 Å². The van der Waals surface area contributed by atoms with E-state index in [2.05, 4.69) is 5.32 Å². The number of benzene rings is 1. The fourth-order valence-electron chi connectivity index (χ4n) is 2.37. The zero-order valence-corrected chi connectivity index (χ0v) is 14.1. The van der Waals surface area contributed by atoms with Crippen LogP contribution in [0.4, 0.5) is 11.4 Å². The quantitative estimate of drug-likeness (QED) is 0.803. The summed E-state index contributed by atoms with van der Waals surface area (Å²) in [7, 11) is 1.22. The van der Waals surface area contributed by atoms with Crippen LogP contribution in [0.15, 0.2) is 24.4 Å². The van der Waals surface area contributed by atoms with Crippen LogP contribution in [-0.4, -0.2) is 30.2 Å². The lowest BCUT2D eigenvalue weighted by Gasteiger charge is -2.15. The minimum atomic E-state index is -0.699. The number of hydrogen-bond acceptors (Lipinski definition) is 6. The lowest BCUT2D eigenvalue weighted by molar-refractivity contribution is -0.114. The average Bonchev–Trinajstić information content (AvgIpc) is 2.91. The molecule has 8 nitrogen and oxygen atoms in total. The number of carbonyl (C=O) groups excluding carboxylic acids is 2. The Morgan fingerprint density at radius 1 is 1.40 bits per heavy atom. The van der Waals surface area contributed by atoms with Gasteiger partial charge in [-0.3, -0.25) is 4.79 Å². The lowest BCUT2D eigenvalue weighted by Crippen LogP contribution is -2.14. The van der Waals surface area contributed by atoms with Gasteiger partial charge in [-0.2, -0.15) is 5.26 Å². The number of esters is 1. The number of methoxy groups -OCH3 is 1. The topological polar surface area (TPSA) is 119 Å². The van der Waals surface area contributed by atoms with Crippen molar-refractivity contribution in [3.05, 3.63) is 35.7 Å². The molecular formula is C17H18N4O4. The monoisotopic (exact) mass is 342 g/mol. The molecule has 130 valence electrons. The van der Waals surface area contributed by atoms with E-state index in [1.165, 1.54) is 24.8 Å². The van der Waals surface area contributed by atoms with Crippen LogP contribution in [0.25, 0.3) is 5.69 Å². The van der Waals surface area contributed by atoms with Gasteiger partial charge in [0.05, 0.1) is 36.3 Å². The van der Waals surface area contributed by atoms with Gasteiger partial charge in [0.2, 0.25) is 5.91 Å². The van der Waals surface area contributed by atoms with Gasteiger partial charge in [0.15, 0.2) is 5.69 Å². The fraction of sp³-hybridized carbons (Fsp3) is 0.235. The number of amides is 1. The van der Waals surface area contributed by atoms with Gasteiger partial charge in [0.25, 0.3) is 0 Å². The number of anilines is 2. The molecule has 0 saturated carbocycles. The molecule has 8 heteroatoms. The lowest BCUT2D eigenvalue weighted by atomic mass is 10.2. The van der Waals surface area contributed by atoms with Crippen LogP contribution in [0.3, 0.4) is 0 Å². The van der Waals surface area contributed by atoms with E-state index in [1.807, 2.05) is 13.0 Å². The van der Waals surface area contributed by atoms with Crippen molar-refractivity contribution in [3.8, 4) is 17.5 Å². The number of nitrogens with one attached hydrogen (secondary N) is 1. The van der Waals surface area contributed by atoms with Crippen molar-refractivity contribution in [3.63, 3.8) is 0 Å². The van der Waals surface area contributed by atoms with E-state index in [0.717, 1.165) is 0 Å². The molecule has 25 heavy (non-hydrogen) atoms. The number of aromatic nitrogens is 1. The molecule has 0 aliphatic carbocycles. The summed E-state index contributed by atoms with van der Waals surface area (Å²) in [5.41, 5.74) is 6.90. The maximum Gasteiger partial charge on any atom is 0.357 e. The van der Waals surface area contributed by atoms with E-state index in [4.69, 9.17) is 15.2 Å². The van der Waals surface area contributed by atoms with Gasteiger partial charge in [-0.25, -0.2) is 4.79 Å². The Kier molecular flexibility index (Phi) is 5.29. The van der Waals surface area contributed by atoms with Crippen LogP contribution < -0.4 is 15.8 Å². The van der Waals surface area contributed by atoms with Crippen molar-refractivity contribution >= 4 is 23.3 Å². The van der Waals surface area contributed by atoms with Crippen molar-refractivity contribution < 1.29 is 19.1 Å². The first-order valence-electron chi connectivity index (χ1n) is 7.46. The second kappa shape index (κ2) is 7.40. The molecule has 1 amide bonds. The molecule has 0 fully saturated rings. The molecule has 0 spiro atoms. The summed E-state index contributed by atoms with van der Waals surface area (Å²) in [6.07, 6.45) is 1.41. The van der Waals surface area contributed by atoms with E-state index in [1.54, 1.807) is 18.2 Å². The van der Waals surface area contributed by atoms with E-state index in [0.29, 0.717) is 23.7 Å². The van der Waals surface area contributed by atoms with Gasteiger partial charge in [-0.05, 0) is 19.1 Å². The van der Waals surface area contributed by atoms with Crippen molar-refractivity contribution in [2.24, 2.45) is 0 Å². The zero-order chi connectivity index (χ0) is 18.6. The number of nitrogens with two attached hydrogens (primary N) is 1. The highest BCUT2D eigenvalue weighted by Gasteiger charge is 2.23. The summed E-state index contributed by atoms with van der Waals surface area (Å²) in [5.74, 6) is -0.451. The molecule has 1 aromatic heterocycles. The third-order valence-electron chi connectivity index (χ3n) is 3.39. The smallest absolute Gasteiger partial charge is 0.357 e. The highest BCUT2D eigenvalue weighted by atomic mass is 16.5. The highest BCUT2D eigenvalue weighted by Crippen LogP contribution is 2.31. The molecule has 1 aromatic carbocycles. The van der Waals surface area contributed by atoms with Crippen molar-refractivity contribution in [1.29, 1.82) is 5.26 Å². The molecule has 2 aromatic rings. The summed E-state index contributed by atoms with van der Waals surface area (Å²) in [6.45, 7) is 3.65. The maximum atomic E-state index is 12.2. The predicted molar refractivity (Wildman–Crippen MR) is 91.7 cm³/mol. The predicted octanol–water partition coefficient (Wildman–Crippen LogP) is 2.07. The molecule has 0 aliphatic heterocycles. The fourth-order valence-corrected chi connectivity index (χ4v) is 2.37. The first-order valence-corrected chi connectivity index (χ1v) is 7.46. The summed E-state index contributed by atoms with van der Waals surface area (Å²) in [4.78, 5) is 23.6. The Morgan fingerprint density at radius 2 is 2.12 bits per heavy atom. The largest absolute Gasteiger partial charge is 0.494 e. The Labute approximate surface area is 144 Å². The zero-order valence-electron chi connectivity index (χ0n) is 14.1. The van der Waals surface area contributed by atoms with Crippen LogP contribution in [-0.2, 0) is 9.53 Å². The molecule has 0 aliphatic rings. The van der Waals surface area contributed by atoms with Crippen LogP contribution in [0, 0.1) is 11.3 Å². The van der Waals surface area contributed by atoms with Crippen LogP contribution in [0.5, 0.6) is 5.75 Å². The number of ether oxygens (including phenoxy) is 2. The van der Waals surface area contributed by atoms with Gasteiger partial charge in [-0.1, -0.05) is 0 Å². The molecule has 3 N–H and O–H groups in total. The summed E-state index contributed by atoms with van der Waals surface area (Å²) in [6, 6.07) is 6.91. The Bertz CT molecular complexity index is 864. The van der Waals surface area contributed by atoms with E-state index >= 15 is 0 Å². The molecule has 0 unspecified atom stereocenters. The van der Waals surface area contributed by atoms with Crippen LogP contribution >= 0.6 is 0 Å². The average molecular weight is 342 g/mol. The summed E-state index contributed by atoms with van der Waals surface area (Å²) >= 11 is 0. The standard InChI is InChI=1S/C17H18N4O4/c1-4-25-12-5-6-13(20-10(2)22)14(7-12)21-9-11(8-18)15(19)16(21)17(23)24-3/h5-7,9H,4,19H2,1-3H3,(H,20,22). The normalized spacial score (nSPS) is 10.0.